The van der Waals surface area contributed by atoms with Gasteiger partial charge in [0.2, 0.25) is 10.0 Å². The van der Waals surface area contributed by atoms with Crippen molar-refractivity contribution in [2.24, 2.45) is 0 Å². The lowest BCUT2D eigenvalue weighted by Crippen LogP contribution is -2.41. The summed E-state index contributed by atoms with van der Waals surface area (Å²) in [5, 5.41) is 8.78. The first kappa shape index (κ1) is 14.8. The zero-order valence-corrected chi connectivity index (χ0v) is 10.5. The minimum atomic E-state index is -3.31. The van der Waals surface area contributed by atoms with Gasteiger partial charge in [0.05, 0.1) is 19.0 Å². The molecule has 0 radical (unpaired) electrons. The fourth-order valence-electron chi connectivity index (χ4n) is 1.24. The average molecular weight is 239 g/mol. The highest BCUT2D eigenvalue weighted by atomic mass is 32.2. The van der Waals surface area contributed by atoms with Crippen molar-refractivity contribution in [3.63, 3.8) is 0 Å². The van der Waals surface area contributed by atoms with Crippen molar-refractivity contribution in [3.05, 3.63) is 0 Å². The van der Waals surface area contributed by atoms with Crippen molar-refractivity contribution in [3.8, 4) is 0 Å². The second-order valence-corrected chi connectivity index (χ2v) is 5.48. The van der Waals surface area contributed by atoms with Gasteiger partial charge in [0.15, 0.2) is 0 Å². The minimum Gasteiger partial charge on any atom is -0.395 e. The van der Waals surface area contributed by atoms with Crippen molar-refractivity contribution >= 4 is 10.0 Å². The van der Waals surface area contributed by atoms with Crippen LogP contribution in [-0.4, -0.2) is 56.0 Å². The van der Waals surface area contributed by atoms with E-state index in [1.165, 1.54) is 4.31 Å². The fraction of sp³-hybridized carbons (Fsp3) is 1.00. The number of nitrogens with zero attached hydrogens (tertiary/aromatic N) is 1. The maximum atomic E-state index is 11.8. The van der Waals surface area contributed by atoms with Gasteiger partial charge in [0.25, 0.3) is 0 Å². The zero-order chi connectivity index (χ0) is 11.9. The van der Waals surface area contributed by atoms with Crippen molar-refractivity contribution in [2.45, 2.75) is 26.8 Å². The Bertz CT molecular complexity index is 251. The molecule has 0 saturated carbocycles. The Balaban J connectivity index is 4.37. The van der Waals surface area contributed by atoms with Gasteiger partial charge < -0.3 is 9.84 Å². The summed E-state index contributed by atoms with van der Waals surface area (Å²) in [6.07, 6.45) is 0. The fourth-order valence-corrected chi connectivity index (χ4v) is 2.81. The molecule has 0 unspecified atom stereocenters. The molecule has 5 nitrogen and oxygen atoms in total. The van der Waals surface area contributed by atoms with Gasteiger partial charge in [-0.2, -0.15) is 4.31 Å². The van der Waals surface area contributed by atoms with Gasteiger partial charge in [0, 0.05) is 19.2 Å². The molecule has 92 valence electrons. The molecule has 0 bridgehead atoms. The minimum absolute atomic E-state index is 0.0288. The molecule has 0 aliphatic heterocycles. The first-order valence-corrected chi connectivity index (χ1v) is 6.74. The van der Waals surface area contributed by atoms with Crippen LogP contribution in [0.5, 0.6) is 0 Å². The lowest BCUT2D eigenvalue weighted by Gasteiger charge is -2.24. The summed E-state index contributed by atoms with van der Waals surface area (Å²) in [5.41, 5.74) is 0. The normalized spacial score (nSPS) is 12.7. The van der Waals surface area contributed by atoms with Crippen LogP contribution >= 0.6 is 0 Å². The highest BCUT2D eigenvalue weighted by Gasteiger charge is 2.23. The van der Waals surface area contributed by atoms with Gasteiger partial charge in [-0.25, -0.2) is 8.42 Å². The van der Waals surface area contributed by atoms with E-state index in [1.54, 1.807) is 13.8 Å². The largest absolute Gasteiger partial charge is 0.395 e. The van der Waals surface area contributed by atoms with Gasteiger partial charge in [-0.3, -0.25) is 0 Å². The van der Waals surface area contributed by atoms with Crippen molar-refractivity contribution in [2.75, 3.05) is 32.1 Å². The van der Waals surface area contributed by atoms with Gasteiger partial charge in [-0.05, 0) is 20.8 Å². The topological polar surface area (TPSA) is 66.8 Å². The first-order valence-electron chi connectivity index (χ1n) is 5.13. The van der Waals surface area contributed by atoms with E-state index >= 15 is 0 Å². The van der Waals surface area contributed by atoms with Crippen LogP contribution in [0.25, 0.3) is 0 Å². The second kappa shape index (κ2) is 7.16. The molecule has 0 aliphatic carbocycles. The van der Waals surface area contributed by atoms with Crippen LogP contribution in [0.4, 0.5) is 0 Å². The van der Waals surface area contributed by atoms with E-state index in [9.17, 15) is 8.42 Å². The molecule has 0 heterocycles. The number of ether oxygens (including phenoxy) is 1. The van der Waals surface area contributed by atoms with E-state index in [0.29, 0.717) is 6.61 Å². The van der Waals surface area contributed by atoms with Crippen LogP contribution in [0.1, 0.15) is 20.8 Å². The molecule has 0 atom stereocenters. The summed E-state index contributed by atoms with van der Waals surface area (Å²) in [6.45, 7) is 6.09. The molecular formula is C9H21NO4S. The Hall–Kier alpha value is -0.170. The Labute approximate surface area is 92.1 Å². The maximum absolute atomic E-state index is 11.8. The second-order valence-electron chi connectivity index (χ2n) is 3.44. The van der Waals surface area contributed by atoms with Crippen LogP contribution in [0.15, 0.2) is 0 Å². The maximum Gasteiger partial charge on any atom is 0.216 e. The molecule has 0 fully saturated rings. The number of rotatable bonds is 8. The predicted octanol–water partition coefficient (Wildman–Crippen LogP) is 0.0554. The summed E-state index contributed by atoms with van der Waals surface area (Å²) < 4.78 is 29.9. The van der Waals surface area contributed by atoms with Crippen molar-refractivity contribution in [1.29, 1.82) is 0 Å². The first-order chi connectivity index (χ1) is 6.95. The van der Waals surface area contributed by atoms with E-state index in [2.05, 4.69) is 0 Å². The summed E-state index contributed by atoms with van der Waals surface area (Å²) in [4.78, 5) is 0. The summed E-state index contributed by atoms with van der Waals surface area (Å²) in [5.74, 6) is -0.0288. The number of sulfonamides is 1. The van der Waals surface area contributed by atoms with Crippen molar-refractivity contribution in [1.82, 2.24) is 4.31 Å². The Morgan fingerprint density at radius 3 is 2.40 bits per heavy atom. The molecular weight excluding hydrogens is 218 g/mol. The zero-order valence-electron chi connectivity index (χ0n) is 9.64. The van der Waals surface area contributed by atoms with Crippen LogP contribution < -0.4 is 0 Å². The predicted molar refractivity (Wildman–Crippen MR) is 59.2 cm³/mol. The molecule has 0 spiro atoms. The number of hydrogen-bond acceptors (Lipinski definition) is 4. The van der Waals surface area contributed by atoms with E-state index in [1.807, 2.05) is 6.92 Å². The molecule has 0 rings (SSSR count). The van der Waals surface area contributed by atoms with Gasteiger partial charge in [0.1, 0.15) is 0 Å². The molecule has 0 aromatic carbocycles. The summed E-state index contributed by atoms with van der Waals surface area (Å²) >= 11 is 0. The SMILES string of the molecule is CCOCCS(=O)(=O)N(CCO)C(C)C. The molecule has 15 heavy (non-hydrogen) atoms. The van der Waals surface area contributed by atoms with Gasteiger partial charge >= 0.3 is 0 Å². The average Bonchev–Trinajstić information content (AvgIpc) is 2.13. The molecule has 0 aliphatic rings. The molecule has 6 heteroatoms. The van der Waals surface area contributed by atoms with Crippen LogP contribution in [-0.2, 0) is 14.8 Å². The molecule has 0 aromatic heterocycles. The Morgan fingerprint density at radius 1 is 1.40 bits per heavy atom. The monoisotopic (exact) mass is 239 g/mol. The number of aliphatic hydroxyl groups is 1. The molecule has 0 aromatic rings. The summed E-state index contributed by atoms with van der Waals surface area (Å²) in [6, 6.07) is -0.135. The number of hydrogen-bond donors (Lipinski definition) is 1. The molecule has 1 N–H and O–H groups in total. The highest BCUT2D eigenvalue weighted by molar-refractivity contribution is 7.89. The standard InChI is InChI=1S/C9H21NO4S/c1-4-14-7-8-15(12,13)10(5-6-11)9(2)3/h9,11H,4-8H2,1-3H3. The smallest absolute Gasteiger partial charge is 0.216 e. The van der Waals surface area contributed by atoms with Crippen LogP contribution in [0.2, 0.25) is 0 Å². The van der Waals surface area contributed by atoms with Crippen LogP contribution in [0, 0.1) is 0 Å². The van der Waals surface area contributed by atoms with E-state index in [0.717, 1.165) is 0 Å². The van der Waals surface area contributed by atoms with E-state index in [-0.39, 0.29) is 31.6 Å². The highest BCUT2D eigenvalue weighted by Crippen LogP contribution is 2.06. The third-order valence-corrected chi connectivity index (χ3v) is 3.94. The lowest BCUT2D eigenvalue weighted by molar-refractivity contribution is 0.161. The van der Waals surface area contributed by atoms with Gasteiger partial charge in [-0.15, -0.1) is 0 Å². The Kier molecular flexibility index (Phi) is 7.08. The van der Waals surface area contributed by atoms with Crippen LogP contribution in [0.3, 0.4) is 0 Å². The van der Waals surface area contributed by atoms with Crippen molar-refractivity contribution < 1.29 is 18.3 Å². The van der Waals surface area contributed by atoms with E-state index < -0.39 is 10.0 Å². The third-order valence-electron chi connectivity index (χ3n) is 1.94. The third kappa shape index (κ3) is 5.46. The quantitative estimate of drug-likeness (QED) is 0.608. The summed E-state index contributed by atoms with van der Waals surface area (Å²) in [7, 11) is -3.31. The number of aliphatic hydroxyl groups excluding tert-OH is 1. The lowest BCUT2D eigenvalue weighted by atomic mass is 10.4. The Morgan fingerprint density at radius 2 is 2.00 bits per heavy atom. The molecule has 0 saturated heterocycles. The van der Waals surface area contributed by atoms with Gasteiger partial charge in [-0.1, -0.05) is 0 Å². The van der Waals surface area contributed by atoms with E-state index in [4.69, 9.17) is 9.84 Å². The molecule has 0 amide bonds.